The van der Waals surface area contributed by atoms with Crippen LogP contribution >= 0.6 is 0 Å². The van der Waals surface area contributed by atoms with E-state index in [1.54, 1.807) is 0 Å². The predicted octanol–water partition coefficient (Wildman–Crippen LogP) is 1.94. The maximum absolute atomic E-state index is 12.0. The van der Waals surface area contributed by atoms with Gasteiger partial charge in [0, 0.05) is 12.1 Å². The molecule has 1 aromatic carbocycles. The zero-order chi connectivity index (χ0) is 15.3. The Morgan fingerprint density at radius 2 is 1.80 bits per heavy atom. The number of hydrogen-bond acceptors (Lipinski definition) is 3. The van der Waals surface area contributed by atoms with Crippen LogP contribution in [0.4, 0.5) is 22.0 Å². The molecule has 0 aliphatic rings. The molecule has 0 heterocycles. The van der Waals surface area contributed by atoms with Crippen LogP contribution < -0.4 is 10.1 Å². The molecule has 1 unspecified atom stereocenters. The molecule has 112 valence electrons. The van der Waals surface area contributed by atoms with E-state index in [1.807, 2.05) is 5.32 Å². The summed E-state index contributed by atoms with van der Waals surface area (Å²) in [5, 5.41) is 10.8. The van der Waals surface area contributed by atoms with Crippen molar-refractivity contribution in [3.05, 3.63) is 29.8 Å². The van der Waals surface area contributed by atoms with Crippen molar-refractivity contribution in [2.45, 2.75) is 18.9 Å². The van der Waals surface area contributed by atoms with Gasteiger partial charge in [0.2, 0.25) is 0 Å². The lowest BCUT2D eigenvalue weighted by atomic mass is 10.2. The molecule has 1 amide bonds. The molecule has 1 atom stereocenters. The van der Waals surface area contributed by atoms with E-state index in [4.69, 9.17) is 5.11 Å². The largest absolute Gasteiger partial charge is 0.573 e. The van der Waals surface area contributed by atoms with Crippen molar-refractivity contribution in [3.8, 4) is 5.75 Å². The van der Waals surface area contributed by atoms with Crippen molar-refractivity contribution >= 4 is 5.91 Å². The van der Waals surface area contributed by atoms with E-state index in [2.05, 4.69) is 4.74 Å². The summed E-state index contributed by atoms with van der Waals surface area (Å²) < 4.78 is 63.2. The van der Waals surface area contributed by atoms with Crippen molar-refractivity contribution < 1.29 is 36.6 Å². The standard InChI is InChI=1S/C11H10F5NO3/c12-9(13)8(18)5-17-10(19)6-1-3-7(4-2-6)20-11(14,15)16/h1-4,8-9,18H,5H2,(H,17,19). The van der Waals surface area contributed by atoms with Crippen LogP contribution in [0.15, 0.2) is 24.3 Å². The van der Waals surface area contributed by atoms with Crippen molar-refractivity contribution in [2.24, 2.45) is 0 Å². The summed E-state index contributed by atoms with van der Waals surface area (Å²) in [5.41, 5.74) is -0.0546. The number of aliphatic hydroxyl groups excluding tert-OH is 1. The van der Waals surface area contributed by atoms with Gasteiger partial charge in [-0.2, -0.15) is 0 Å². The number of carbonyl (C=O) groups is 1. The minimum atomic E-state index is -4.84. The molecule has 0 saturated carbocycles. The van der Waals surface area contributed by atoms with Crippen LogP contribution in [0, 0.1) is 0 Å². The van der Waals surface area contributed by atoms with Crippen molar-refractivity contribution in [1.29, 1.82) is 0 Å². The first kappa shape index (κ1) is 16.2. The normalized spacial score (nSPS) is 13.2. The van der Waals surface area contributed by atoms with E-state index >= 15 is 0 Å². The Bertz CT molecular complexity index is 446. The molecule has 0 aliphatic carbocycles. The first-order valence-electron chi connectivity index (χ1n) is 5.29. The van der Waals surface area contributed by atoms with Gasteiger partial charge in [0.25, 0.3) is 12.3 Å². The summed E-state index contributed by atoms with van der Waals surface area (Å²) in [7, 11) is 0. The molecule has 2 N–H and O–H groups in total. The lowest BCUT2D eigenvalue weighted by Gasteiger charge is -2.11. The lowest BCUT2D eigenvalue weighted by molar-refractivity contribution is -0.274. The third-order valence-corrected chi connectivity index (χ3v) is 2.11. The first-order chi connectivity index (χ1) is 9.19. The third kappa shape index (κ3) is 5.39. The highest BCUT2D eigenvalue weighted by Gasteiger charge is 2.31. The molecule has 0 radical (unpaired) electrons. The molecular weight excluding hydrogens is 289 g/mol. The lowest BCUT2D eigenvalue weighted by Crippen LogP contribution is -2.35. The number of halogens is 5. The van der Waals surface area contributed by atoms with Crippen molar-refractivity contribution in [2.75, 3.05) is 6.54 Å². The monoisotopic (exact) mass is 299 g/mol. The molecular formula is C11H10F5NO3. The van der Waals surface area contributed by atoms with E-state index in [0.29, 0.717) is 0 Å². The van der Waals surface area contributed by atoms with Crippen LogP contribution in [0.5, 0.6) is 5.75 Å². The zero-order valence-electron chi connectivity index (χ0n) is 9.82. The summed E-state index contributed by atoms with van der Waals surface area (Å²) in [6.45, 7) is -0.669. The number of alkyl halides is 5. The van der Waals surface area contributed by atoms with Crippen LogP contribution in [0.25, 0.3) is 0 Å². The summed E-state index contributed by atoms with van der Waals surface area (Å²) in [4.78, 5) is 11.4. The number of nitrogens with one attached hydrogen (secondary N) is 1. The highest BCUT2D eigenvalue weighted by Crippen LogP contribution is 2.22. The van der Waals surface area contributed by atoms with Gasteiger partial charge in [0.05, 0.1) is 0 Å². The topological polar surface area (TPSA) is 58.6 Å². The van der Waals surface area contributed by atoms with E-state index in [1.165, 1.54) is 0 Å². The summed E-state index contributed by atoms with van der Waals surface area (Å²) >= 11 is 0. The number of benzene rings is 1. The molecule has 0 fully saturated rings. The highest BCUT2D eigenvalue weighted by molar-refractivity contribution is 5.94. The second-order valence-corrected chi connectivity index (χ2v) is 3.68. The number of aliphatic hydroxyl groups is 1. The number of amides is 1. The summed E-state index contributed by atoms with van der Waals surface area (Å²) in [5.74, 6) is -1.31. The molecule has 0 aromatic heterocycles. The summed E-state index contributed by atoms with van der Waals surface area (Å²) in [6, 6.07) is 3.88. The van der Waals surface area contributed by atoms with Crippen LogP contribution in [0.1, 0.15) is 10.4 Å². The fraction of sp³-hybridized carbons (Fsp3) is 0.364. The quantitative estimate of drug-likeness (QED) is 0.817. The average Bonchev–Trinajstić information content (AvgIpc) is 2.34. The predicted molar refractivity (Wildman–Crippen MR) is 57.5 cm³/mol. The fourth-order valence-corrected chi connectivity index (χ4v) is 1.20. The molecule has 0 spiro atoms. The third-order valence-electron chi connectivity index (χ3n) is 2.11. The first-order valence-corrected chi connectivity index (χ1v) is 5.29. The molecule has 1 rings (SSSR count). The fourth-order valence-electron chi connectivity index (χ4n) is 1.20. The average molecular weight is 299 g/mol. The van der Waals surface area contributed by atoms with Gasteiger partial charge in [-0.15, -0.1) is 13.2 Å². The number of ether oxygens (including phenoxy) is 1. The van der Waals surface area contributed by atoms with Gasteiger partial charge in [-0.1, -0.05) is 0 Å². The van der Waals surface area contributed by atoms with E-state index < -0.39 is 37.1 Å². The minimum absolute atomic E-state index is 0.0546. The summed E-state index contributed by atoms with van der Waals surface area (Å²) in [6.07, 6.45) is -9.85. The van der Waals surface area contributed by atoms with Crippen LogP contribution in [-0.2, 0) is 0 Å². The van der Waals surface area contributed by atoms with Crippen LogP contribution in [0.3, 0.4) is 0 Å². The van der Waals surface area contributed by atoms with Gasteiger partial charge in [0.15, 0.2) is 0 Å². The Kier molecular flexibility index (Phi) is 5.26. The van der Waals surface area contributed by atoms with E-state index in [-0.39, 0.29) is 5.56 Å². The maximum atomic E-state index is 12.0. The molecule has 0 bridgehead atoms. The molecule has 1 aromatic rings. The van der Waals surface area contributed by atoms with Crippen molar-refractivity contribution in [3.63, 3.8) is 0 Å². The Morgan fingerprint density at radius 1 is 1.25 bits per heavy atom. The maximum Gasteiger partial charge on any atom is 0.573 e. The molecule has 0 aliphatic heterocycles. The Hall–Kier alpha value is -1.90. The second kappa shape index (κ2) is 6.51. The molecule has 0 saturated heterocycles. The Labute approximate surface area is 110 Å². The highest BCUT2D eigenvalue weighted by atomic mass is 19.4. The van der Waals surface area contributed by atoms with Crippen molar-refractivity contribution in [1.82, 2.24) is 5.32 Å². The number of hydrogen-bond donors (Lipinski definition) is 2. The number of rotatable bonds is 5. The van der Waals surface area contributed by atoms with Gasteiger partial charge in [0.1, 0.15) is 11.9 Å². The van der Waals surface area contributed by atoms with E-state index in [0.717, 1.165) is 24.3 Å². The molecule has 9 heteroatoms. The Balaban J connectivity index is 2.58. The van der Waals surface area contributed by atoms with Gasteiger partial charge in [-0.25, -0.2) is 8.78 Å². The zero-order valence-corrected chi connectivity index (χ0v) is 9.82. The Morgan fingerprint density at radius 3 is 2.25 bits per heavy atom. The van der Waals surface area contributed by atoms with Gasteiger partial charge in [-0.3, -0.25) is 4.79 Å². The smallest absolute Gasteiger partial charge is 0.406 e. The number of carbonyl (C=O) groups excluding carboxylic acids is 1. The van der Waals surface area contributed by atoms with Crippen LogP contribution in [0.2, 0.25) is 0 Å². The van der Waals surface area contributed by atoms with Gasteiger partial charge < -0.3 is 15.2 Å². The van der Waals surface area contributed by atoms with Gasteiger partial charge >= 0.3 is 6.36 Å². The molecule has 4 nitrogen and oxygen atoms in total. The minimum Gasteiger partial charge on any atom is -0.406 e. The second-order valence-electron chi connectivity index (χ2n) is 3.68. The van der Waals surface area contributed by atoms with E-state index in [9.17, 15) is 26.7 Å². The van der Waals surface area contributed by atoms with Crippen LogP contribution in [-0.4, -0.2) is 36.5 Å². The SMILES string of the molecule is O=C(NCC(O)C(F)F)c1ccc(OC(F)(F)F)cc1. The van der Waals surface area contributed by atoms with Gasteiger partial charge in [-0.05, 0) is 24.3 Å². The molecule has 20 heavy (non-hydrogen) atoms.